The van der Waals surface area contributed by atoms with Crippen LogP contribution in [0, 0.1) is 0 Å². The van der Waals surface area contributed by atoms with E-state index in [2.05, 4.69) is 27.7 Å². The summed E-state index contributed by atoms with van der Waals surface area (Å²) in [6.07, 6.45) is 1.44. The molecule has 60 heavy (non-hydrogen) atoms. The third kappa shape index (κ3) is 6.47. The van der Waals surface area contributed by atoms with Crippen molar-refractivity contribution in [1.29, 1.82) is 0 Å². The smallest absolute Gasteiger partial charge is 0.266 e. The van der Waals surface area contributed by atoms with E-state index in [1.165, 1.54) is 4.90 Å². The second-order valence-electron chi connectivity index (χ2n) is 22.6. The first kappa shape index (κ1) is 28.3. The van der Waals surface area contributed by atoms with Crippen molar-refractivity contribution in [3.05, 3.63) is 118 Å². The van der Waals surface area contributed by atoms with Gasteiger partial charge in [-0.1, -0.05) is 147 Å². The monoisotopic (exact) mass is 825 g/mol. The van der Waals surface area contributed by atoms with E-state index in [1.54, 1.807) is 4.90 Å². The van der Waals surface area contributed by atoms with Crippen molar-refractivity contribution in [3.63, 3.8) is 0 Å². The van der Waals surface area contributed by atoms with Crippen LogP contribution in [0.25, 0.3) is 10.1 Å². The van der Waals surface area contributed by atoms with Gasteiger partial charge in [0.15, 0.2) is 0 Å². The number of hydrogen-bond donors (Lipinski definition) is 0. The second kappa shape index (κ2) is 13.1. The quantitative estimate of drug-likeness (QED) is 0.162. The topological polar surface area (TPSA) is 19.4 Å². The molecule has 4 aromatic carbocycles. The van der Waals surface area contributed by atoms with Crippen molar-refractivity contribution in [2.45, 2.75) is 156 Å². The minimum Gasteiger partial charge on any atom is -0.310 e. The summed E-state index contributed by atoms with van der Waals surface area (Å²) in [6.45, 7) is 29.8. The first-order valence-corrected chi connectivity index (χ1v) is 22.2. The van der Waals surface area contributed by atoms with Crippen molar-refractivity contribution in [2.75, 3.05) is 9.80 Å². The molecule has 4 heterocycles. The molecule has 0 saturated heterocycles. The van der Waals surface area contributed by atoms with Crippen molar-refractivity contribution in [1.82, 2.24) is 4.98 Å². The molecule has 3 nitrogen and oxygen atoms in total. The number of aromatic nitrogens is 1. The Morgan fingerprint density at radius 1 is 0.600 bits per heavy atom. The molecule has 0 radical (unpaired) electrons. The van der Waals surface area contributed by atoms with Crippen molar-refractivity contribution >= 4 is 78.1 Å². The van der Waals surface area contributed by atoms with Gasteiger partial charge in [0.25, 0.3) is 6.71 Å². The number of anilines is 6. The van der Waals surface area contributed by atoms with Crippen LogP contribution in [0.15, 0.2) is 84.6 Å². The molecule has 0 atom stereocenters. The molecule has 2 aliphatic heterocycles. The van der Waals surface area contributed by atoms with Crippen LogP contribution in [-0.4, -0.2) is 11.7 Å². The molecule has 0 unspecified atom stereocenters. The first-order chi connectivity index (χ1) is 33.2. The van der Waals surface area contributed by atoms with E-state index in [4.69, 9.17) is 4.98 Å². The van der Waals surface area contributed by atoms with Gasteiger partial charge in [-0.15, -0.1) is 11.3 Å². The molecule has 0 bridgehead atoms. The molecule has 9 rings (SSSR count). The van der Waals surface area contributed by atoms with Crippen LogP contribution in [0.1, 0.15) is 175 Å². The van der Waals surface area contributed by atoms with E-state index >= 15 is 0 Å². The molecule has 0 fully saturated rings. The van der Waals surface area contributed by atoms with Gasteiger partial charge < -0.3 is 4.90 Å². The van der Waals surface area contributed by atoms with E-state index in [9.17, 15) is 17.8 Å². The van der Waals surface area contributed by atoms with Crippen LogP contribution in [-0.2, 0) is 32.5 Å². The predicted molar refractivity (Wildman–Crippen MR) is 264 cm³/mol. The van der Waals surface area contributed by atoms with Crippen LogP contribution in [0.4, 0.5) is 34.3 Å². The fourth-order valence-corrected chi connectivity index (χ4v) is 9.92. The minimum atomic E-state index is -1.04. The molecule has 1 aliphatic carbocycles. The molecule has 5 heteroatoms. The number of benzene rings is 4. The van der Waals surface area contributed by atoms with Gasteiger partial charge in [-0.2, -0.15) is 0 Å². The highest BCUT2D eigenvalue weighted by molar-refractivity contribution is 7.33. The molecule has 6 aromatic rings. The van der Waals surface area contributed by atoms with Crippen molar-refractivity contribution in [3.8, 4) is 0 Å². The summed E-state index contributed by atoms with van der Waals surface area (Å²) >= 11 is 1.16. The highest BCUT2D eigenvalue weighted by Crippen LogP contribution is 2.52. The SMILES string of the molecule is [2H]c1c([2H])c(C(C)(C)C)c([2H])c([2H])c1N1c2nc(C(C)(C)C)cc3c2B(c2sc4c([2H])c([2H])c(C(C)(C)C)c([2H])c4c2N3c2c([2H])c([2H])c3c(c2[2H])C(C)(C)CCC3(C)C)c2c([2H])c(C(C)(C)C)c([2H])c([2H])c21. The van der Waals surface area contributed by atoms with Gasteiger partial charge in [0.1, 0.15) is 5.82 Å². The summed E-state index contributed by atoms with van der Waals surface area (Å²) in [5.41, 5.74) is -0.678. The third-order valence-electron chi connectivity index (χ3n) is 12.6. The number of nitrogens with zero attached hydrogens (tertiary/aromatic N) is 3. The molecule has 0 amide bonds. The minimum absolute atomic E-state index is 0.00670. The van der Waals surface area contributed by atoms with Crippen LogP contribution in [0.3, 0.4) is 0 Å². The lowest BCUT2D eigenvalue weighted by Gasteiger charge is -2.45. The van der Waals surface area contributed by atoms with Crippen LogP contribution in [0.2, 0.25) is 0 Å². The number of thiophene rings is 1. The lowest BCUT2D eigenvalue weighted by molar-refractivity contribution is 0.332. The third-order valence-corrected chi connectivity index (χ3v) is 13.8. The average Bonchev–Trinajstić information content (AvgIpc) is 3.64. The summed E-state index contributed by atoms with van der Waals surface area (Å²) in [5.74, 6) is 0.102. The molecule has 0 saturated carbocycles. The summed E-state index contributed by atoms with van der Waals surface area (Å²) in [4.78, 5) is 8.64. The predicted octanol–water partition coefficient (Wildman–Crippen LogP) is 13.9. The summed E-state index contributed by atoms with van der Waals surface area (Å²) in [6, 6.07) is -0.635. The molecule has 3 aliphatic rings. The average molecular weight is 825 g/mol. The zero-order valence-corrected chi connectivity index (χ0v) is 39.1. The Bertz CT molecular complexity index is 3430. The van der Waals surface area contributed by atoms with E-state index in [0.717, 1.165) is 17.8 Å². The summed E-state index contributed by atoms with van der Waals surface area (Å²) in [7, 11) is 0. The van der Waals surface area contributed by atoms with Crippen LogP contribution in [0.5, 0.6) is 0 Å². The maximum atomic E-state index is 10.5. The number of fused-ring (bicyclic) bond motifs is 7. The second-order valence-corrected chi connectivity index (χ2v) is 23.7. The maximum Gasteiger partial charge on any atom is 0.266 e. The number of rotatable bonds is 2. The Morgan fingerprint density at radius 3 is 1.78 bits per heavy atom. The van der Waals surface area contributed by atoms with Crippen molar-refractivity contribution < 1.29 is 17.8 Å². The van der Waals surface area contributed by atoms with Gasteiger partial charge in [-0.05, 0) is 127 Å². The molecular weight excluding hydrogens is 746 g/mol. The van der Waals surface area contributed by atoms with E-state index in [1.807, 2.05) is 89.2 Å². The lowest BCUT2D eigenvalue weighted by atomic mass is 9.36. The normalized spacial score (nSPS) is 20.1. The van der Waals surface area contributed by atoms with Gasteiger partial charge in [-0.25, -0.2) is 4.98 Å². The van der Waals surface area contributed by atoms with Gasteiger partial charge in [-0.3, -0.25) is 4.90 Å². The summed E-state index contributed by atoms with van der Waals surface area (Å²) in [5, 5.41) is 0.307. The molecular formula is C55H66BN3S. The highest BCUT2D eigenvalue weighted by atomic mass is 32.1. The maximum absolute atomic E-state index is 10.5. The van der Waals surface area contributed by atoms with Gasteiger partial charge in [0, 0.05) is 43.0 Å². The van der Waals surface area contributed by atoms with Gasteiger partial charge >= 0.3 is 0 Å². The van der Waals surface area contributed by atoms with E-state index in [0.29, 0.717) is 60.5 Å². The Balaban J connectivity index is 1.61. The Hall–Kier alpha value is -4.35. The molecule has 2 aromatic heterocycles. The molecule has 0 spiro atoms. The van der Waals surface area contributed by atoms with Gasteiger partial charge in [0.2, 0.25) is 0 Å². The lowest BCUT2D eigenvalue weighted by Crippen LogP contribution is -2.61. The van der Waals surface area contributed by atoms with Crippen molar-refractivity contribution in [2.24, 2.45) is 0 Å². The van der Waals surface area contributed by atoms with E-state index < -0.39 is 51.3 Å². The largest absolute Gasteiger partial charge is 0.310 e. The molecule has 0 N–H and O–H groups in total. The first-order valence-electron chi connectivity index (χ1n) is 27.8. The van der Waals surface area contributed by atoms with E-state index in [-0.39, 0.29) is 106 Å². The molecule has 310 valence electrons. The van der Waals surface area contributed by atoms with Crippen LogP contribution < -0.4 is 25.5 Å². The fraction of sp³-hybridized carbons (Fsp3) is 0.436. The standard InChI is InChI=1S/C55H66BN3S/c1-50(2,3)33-17-21-36(22-18-33)59-42-25-19-35(52(7,8)9)30-41(42)56-46-43(32-45(53(10,11)12)57-49(46)59)58(37-23-24-39-40(31-37)55(15,16)28-27-54(39,13)14)47-38-29-34(51(4,5)6)20-26-44(38)60-48(47)56/h17-26,29-32H,27-28H2,1-16H3/i17D,18D,19D,20D,21D,22D,23D,24D,25D,26D,29D,30D,31D. The van der Waals surface area contributed by atoms with Crippen LogP contribution >= 0.6 is 11.3 Å². The Labute approximate surface area is 384 Å². The summed E-state index contributed by atoms with van der Waals surface area (Å²) < 4.78 is 129. The number of pyridine rings is 1. The fourth-order valence-electron chi connectivity index (χ4n) is 8.71. The Morgan fingerprint density at radius 2 is 1.17 bits per heavy atom. The zero-order valence-electron chi connectivity index (χ0n) is 51.3. The Kier molecular flexibility index (Phi) is 6.17. The van der Waals surface area contributed by atoms with Gasteiger partial charge in [0.05, 0.1) is 29.2 Å². The highest BCUT2D eigenvalue weighted by Gasteiger charge is 2.48. The number of hydrogen-bond acceptors (Lipinski definition) is 4. The zero-order chi connectivity index (χ0) is 54.6.